The molecule has 0 radical (unpaired) electrons. The molecular weight excluding hydrogens is 460 g/mol. The third-order valence-corrected chi connectivity index (χ3v) is 7.56. The van der Waals surface area contributed by atoms with Gasteiger partial charge in [0, 0.05) is 0 Å². The number of carbonyl (C=O) groups is 1. The Balaban J connectivity index is 1.52. The second-order valence-electron chi connectivity index (χ2n) is 8.83. The summed E-state index contributed by atoms with van der Waals surface area (Å²) in [5.74, 6) is -0.0250. The molecule has 0 saturated carbocycles. The first kappa shape index (κ1) is 22.3. The average Bonchev–Trinajstić information content (AvgIpc) is 3.23. The monoisotopic (exact) mass is 484 g/mol. The van der Waals surface area contributed by atoms with Gasteiger partial charge in [-0.3, -0.25) is 9.69 Å². The maximum Gasteiger partial charge on any atom is 0.267 e. The molecule has 174 valence electrons. The predicted molar refractivity (Wildman–Crippen MR) is 152 cm³/mol. The molecule has 1 aliphatic rings. The summed E-state index contributed by atoms with van der Waals surface area (Å²) >= 11 is 1.44. The van der Waals surface area contributed by atoms with Gasteiger partial charge in [-0.2, -0.15) is 0 Å². The second-order valence-corrected chi connectivity index (χ2v) is 9.84. The van der Waals surface area contributed by atoms with E-state index in [1.165, 1.54) is 11.8 Å². The van der Waals surface area contributed by atoms with Crippen molar-refractivity contribution in [3.63, 3.8) is 0 Å². The van der Waals surface area contributed by atoms with Crippen LogP contribution >= 0.6 is 11.8 Å². The van der Waals surface area contributed by atoms with Crippen molar-refractivity contribution in [3.8, 4) is 0 Å². The summed E-state index contributed by atoms with van der Waals surface area (Å²) in [5.41, 5.74) is 2.96. The summed E-state index contributed by atoms with van der Waals surface area (Å²) in [6.07, 6.45) is 2.05. The Hall–Kier alpha value is -4.15. The van der Waals surface area contributed by atoms with Crippen molar-refractivity contribution in [1.29, 1.82) is 0 Å². The van der Waals surface area contributed by atoms with Gasteiger partial charge in [-0.15, -0.1) is 0 Å². The number of hydrogen-bond donors (Lipinski definition) is 0. The lowest BCUT2D eigenvalue weighted by molar-refractivity contribution is -0.123. The molecule has 1 atom stereocenters. The third-order valence-electron chi connectivity index (χ3n) is 6.58. The van der Waals surface area contributed by atoms with E-state index in [0.29, 0.717) is 10.1 Å². The number of hydrogen-bond acceptors (Lipinski definition) is 3. The molecule has 1 heterocycles. The van der Waals surface area contributed by atoms with Crippen LogP contribution in [0.3, 0.4) is 0 Å². The van der Waals surface area contributed by atoms with E-state index in [4.69, 9.17) is 4.99 Å². The van der Waals surface area contributed by atoms with Crippen molar-refractivity contribution < 1.29 is 4.79 Å². The number of rotatable bonds is 4. The van der Waals surface area contributed by atoms with E-state index < -0.39 is 0 Å². The molecule has 6 rings (SSSR count). The molecule has 5 aromatic carbocycles. The first-order valence-corrected chi connectivity index (χ1v) is 12.8. The predicted octanol–water partition coefficient (Wildman–Crippen LogP) is 8.36. The lowest BCUT2D eigenvalue weighted by Crippen LogP contribution is -2.32. The van der Waals surface area contributed by atoms with E-state index in [1.54, 1.807) is 0 Å². The van der Waals surface area contributed by atoms with Gasteiger partial charge in [0.1, 0.15) is 0 Å². The molecule has 5 aromatic rings. The van der Waals surface area contributed by atoms with Crippen LogP contribution in [-0.4, -0.2) is 16.0 Å². The van der Waals surface area contributed by atoms with Crippen LogP contribution in [0.4, 0.5) is 5.69 Å². The van der Waals surface area contributed by atoms with E-state index in [2.05, 4.69) is 79.7 Å². The van der Waals surface area contributed by atoms with Crippen LogP contribution in [0.5, 0.6) is 0 Å². The minimum absolute atomic E-state index is 0.0250. The van der Waals surface area contributed by atoms with Gasteiger partial charge in [-0.05, 0) is 75.6 Å². The zero-order chi connectivity index (χ0) is 24.5. The fourth-order valence-corrected chi connectivity index (χ4v) is 5.78. The van der Waals surface area contributed by atoms with Crippen LogP contribution in [0.15, 0.2) is 125 Å². The number of aliphatic imine (C=N–C) groups is 1. The van der Waals surface area contributed by atoms with Gasteiger partial charge >= 0.3 is 0 Å². The Kier molecular flexibility index (Phi) is 5.88. The molecule has 3 nitrogen and oxygen atoms in total. The Bertz CT molecular complexity index is 1590. The largest absolute Gasteiger partial charge is 0.279 e. The summed E-state index contributed by atoms with van der Waals surface area (Å²) in [6.45, 7) is 2.06. The van der Waals surface area contributed by atoms with Crippen LogP contribution in [0.25, 0.3) is 27.6 Å². The van der Waals surface area contributed by atoms with Gasteiger partial charge in [0.05, 0.1) is 16.6 Å². The van der Waals surface area contributed by atoms with Crippen molar-refractivity contribution in [3.05, 3.63) is 131 Å². The maximum absolute atomic E-state index is 14.0. The number of carbonyl (C=O) groups excluding carboxylic acids is 1. The molecule has 0 unspecified atom stereocenters. The smallest absolute Gasteiger partial charge is 0.267 e. The zero-order valence-electron chi connectivity index (χ0n) is 19.8. The summed E-state index contributed by atoms with van der Waals surface area (Å²) in [5, 5.41) is 5.28. The number of amidine groups is 1. The highest BCUT2D eigenvalue weighted by atomic mass is 32.2. The Morgan fingerprint density at radius 2 is 1.31 bits per heavy atom. The highest BCUT2D eigenvalue weighted by molar-refractivity contribution is 8.18. The van der Waals surface area contributed by atoms with E-state index >= 15 is 0 Å². The summed E-state index contributed by atoms with van der Waals surface area (Å²) in [7, 11) is 0. The highest BCUT2D eigenvalue weighted by Gasteiger charge is 2.37. The van der Waals surface area contributed by atoms with Crippen LogP contribution in [0.1, 0.15) is 24.1 Å². The van der Waals surface area contributed by atoms with Gasteiger partial charge in [0.15, 0.2) is 5.17 Å². The minimum atomic E-state index is -0.149. The first-order valence-electron chi connectivity index (χ1n) is 12.0. The standard InChI is InChI=1S/C32H24N2OS/c1-22(23-12-4-2-5-13-23)34-31(35)30(36-32(34)33-26-16-6-3-7-17-26)21-29-27-18-10-8-14-24(27)20-25-15-9-11-19-28(25)29/h2-22H,1H3/b30-21+,33-32?/t22-/m1/s1. The number of fused-ring (bicyclic) bond motifs is 2. The number of nitrogens with zero attached hydrogens (tertiary/aromatic N) is 2. The van der Waals surface area contributed by atoms with E-state index in [-0.39, 0.29) is 11.9 Å². The third kappa shape index (κ3) is 4.10. The molecule has 1 amide bonds. The first-order chi connectivity index (χ1) is 17.7. The normalized spacial score (nSPS) is 16.9. The zero-order valence-corrected chi connectivity index (χ0v) is 20.7. The molecule has 4 heteroatoms. The van der Waals surface area contributed by atoms with Gasteiger partial charge in [0.25, 0.3) is 5.91 Å². The maximum atomic E-state index is 14.0. The molecule has 1 saturated heterocycles. The Morgan fingerprint density at radius 1 is 0.750 bits per heavy atom. The van der Waals surface area contributed by atoms with Gasteiger partial charge in [-0.1, -0.05) is 97.1 Å². The lowest BCUT2D eigenvalue weighted by atomic mass is 9.96. The molecule has 0 bridgehead atoms. The van der Waals surface area contributed by atoms with Crippen LogP contribution in [-0.2, 0) is 4.79 Å². The van der Waals surface area contributed by atoms with E-state index in [0.717, 1.165) is 38.4 Å². The number of amides is 1. The summed E-state index contributed by atoms with van der Waals surface area (Å²) in [6, 6.07) is 38.7. The van der Waals surface area contributed by atoms with Gasteiger partial charge < -0.3 is 0 Å². The summed E-state index contributed by atoms with van der Waals surface area (Å²) < 4.78 is 0. The fraction of sp³-hybridized carbons (Fsp3) is 0.0625. The number of thioether (sulfide) groups is 1. The Morgan fingerprint density at radius 3 is 1.94 bits per heavy atom. The van der Waals surface area contributed by atoms with Crippen LogP contribution in [0.2, 0.25) is 0 Å². The van der Waals surface area contributed by atoms with Crippen molar-refractivity contribution in [2.24, 2.45) is 4.99 Å². The quantitative estimate of drug-likeness (QED) is 0.190. The molecular formula is C32H24N2OS. The molecule has 36 heavy (non-hydrogen) atoms. The lowest BCUT2D eigenvalue weighted by Gasteiger charge is -2.24. The SMILES string of the molecule is C[C@H](c1ccccc1)N1C(=O)/C(=C\c2c3ccccc3cc3ccccc23)SC1=Nc1ccccc1. The summed E-state index contributed by atoms with van der Waals surface area (Å²) in [4.78, 5) is 21.4. The van der Waals surface area contributed by atoms with Crippen molar-refractivity contribution in [2.75, 3.05) is 0 Å². The molecule has 0 spiro atoms. The molecule has 0 N–H and O–H groups in total. The number of para-hydroxylation sites is 1. The highest BCUT2D eigenvalue weighted by Crippen LogP contribution is 2.41. The molecule has 0 aromatic heterocycles. The molecule has 0 aliphatic carbocycles. The van der Waals surface area contributed by atoms with Crippen LogP contribution < -0.4 is 0 Å². The molecule has 1 fully saturated rings. The van der Waals surface area contributed by atoms with E-state index in [1.807, 2.05) is 53.4 Å². The number of benzene rings is 5. The van der Waals surface area contributed by atoms with Crippen molar-refractivity contribution >= 4 is 56.1 Å². The van der Waals surface area contributed by atoms with Gasteiger partial charge in [0.2, 0.25) is 0 Å². The minimum Gasteiger partial charge on any atom is -0.279 e. The molecule has 1 aliphatic heterocycles. The average molecular weight is 485 g/mol. The van der Waals surface area contributed by atoms with Crippen molar-refractivity contribution in [1.82, 2.24) is 4.90 Å². The fourth-order valence-electron chi connectivity index (χ4n) is 4.74. The topological polar surface area (TPSA) is 32.7 Å². The van der Waals surface area contributed by atoms with Crippen molar-refractivity contribution in [2.45, 2.75) is 13.0 Å². The van der Waals surface area contributed by atoms with Gasteiger partial charge in [-0.25, -0.2) is 4.99 Å². The van der Waals surface area contributed by atoms with Crippen LogP contribution in [0, 0.1) is 0 Å². The Labute approximate surface area is 214 Å². The van der Waals surface area contributed by atoms with E-state index in [9.17, 15) is 4.79 Å². The second kappa shape index (κ2) is 9.48.